The van der Waals surface area contributed by atoms with E-state index >= 15 is 0 Å². The van der Waals surface area contributed by atoms with Crippen molar-refractivity contribution in [1.82, 2.24) is 0 Å². The molecule has 2 N–H and O–H groups in total. The molecule has 0 saturated heterocycles. The van der Waals surface area contributed by atoms with Crippen LogP contribution >= 0.6 is 11.3 Å². The van der Waals surface area contributed by atoms with Crippen LogP contribution in [-0.4, -0.2) is 11.8 Å². The molecule has 27 heavy (non-hydrogen) atoms. The highest BCUT2D eigenvalue weighted by molar-refractivity contribution is 7.10. The molecule has 0 bridgehead atoms. The maximum atomic E-state index is 12.1. The lowest BCUT2D eigenvalue weighted by molar-refractivity contribution is -0.116. The van der Waals surface area contributed by atoms with Gasteiger partial charge >= 0.3 is 0 Å². The van der Waals surface area contributed by atoms with E-state index < -0.39 is 0 Å². The minimum atomic E-state index is -0.192. The highest BCUT2D eigenvalue weighted by atomic mass is 32.1. The summed E-state index contributed by atoms with van der Waals surface area (Å²) < 4.78 is 0. The molecule has 3 rings (SSSR count). The Morgan fingerprint density at radius 3 is 2.22 bits per heavy atom. The number of anilines is 2. The van der Waals surface area contributed by atoms with Gasteiger partial charge in [-0.3, -0.25) is 9.59 Å². The first-order valence-corrected chi connectivity index (χ1v) is 9.53. The van der Waals surface area contributed by atoms with Crippen molar-refractivity contribution >= 4 is 40.6 Å². The molecule has 0 radical (unpaired) electrons. The van der Waals surface area contributed by atoms with Gasteiger partial charge in [-0.25, -0.2) is 0 Å². The van der Waals surface area contributed by atoms with Crippen LogP contribution in [-0.2, 0) is 16.0 Å². The Bertz CT molecular complexity index is 901. The van der Waals surface area contributed by atoms with Gasteiger partial charge in [-0.05, 0) is 53.8 Å². The zero-order chi connectivity index (χ0) is 18.9. The molecule has 0 fully saturated rings. The van der Waals surface area contributed by atoms with E-state index in [1.165, 1.54) is 6.08 Å². The predicted molar refractivity (Wildman–Crippen MR) is 112 cm³/mol. The fourth-order valence-electron chi connectivity index (χ4n) is 2.49. The molecular weight excluding hydrogens is 356 g/mol. The molecule has 1 heterocycles. The number of aryl methyl sites for hydroxylation is 1. The largest absolute Gasteiger partial charge is 0.326 e. The van der Waals surface area contributed by atoms with Crippen molar-refractivity contribution in [2.24, 2.45) is 0 Å². The summed E-state index contributed by atoms with van der Waals surface area (Å²) in [6, 6.07) is 20.9. The summed E-state index contributed by atoms with van der Waals surface area (Å²) in [6.45, 7) is 0. The van der Waals surface area contributed by atoms with Crippen molar-refractivity contribution < 1.29 is 9.59 Å². The summed E-state index contributed by atoms with van der Waals surface area (Å²) >= 11 is 1.57. The fraction of sp³-hybridized carbons (Fsp3) is 0.0909. The van der Waals surface area contributed by atoms with Crippen LogP contribution in [0.3, 0.4) is 0 Å². The number of carbonyl (C=O) groups is 2. The molecule has 0 aliphatic rings. The predicted octanol–water partition coefficient (Wildman–Crippen LogP) is 4.97. The number of hydrogen-bond donors (Lipinski definition) is 2. The van der Waals surface area contributed by atoms with Gasteiger partial charge in [0.2, 0.25) is 11.8 Å². The Kier molecular flexibility index (Phi) is 6.55. The zero-order valence-electron chi connectivity index (χ0n) is 14.7. The highest BCUT2D eigenvalue weighted by Crippen LogP contribution is 2.15. The van der Waals surface area contributed by atoms with Gasteiger partial charge in [0.05, 0.1) is 0 Å². The van der Waals surface area contributed by atoms with Gasteiger partial charge in [0, 0.05) is 28.7 Å². The molecule has 136 valence electrons. The zero-order valence-corrected chi connectivity index (χ0v) is 15.5. The van der Waals surface area contributed by atoms with Crippen LogP contribution < -0.4 is 10.6 Å². The van der Waals surface area contributed by atoms with E-state index in [-0.39, 0.29) is 11.8 Å². The van der Waals surface area contributed by atoms with E-state index in [2.05, 4.69) is 10.6 Å². The van der Waals surface area contributed by atoms with Crippen LogP contribution in [0.2, 0.25) is 0 Å². The van der Waals surface area contributed by atoms with E-state index in [9.17, 15) is 9.59 Å². The second-order valence-corrected chi connectivity index (χ2v) is 6.93. The molecule has 2 aromatic carbocycles. The quantitative estimate of drug-likeness (QED) is 0.572. The van der Waals surface area contributed by atoms with Crippen LogP contribution in [0.1, 0.15) is 16.9 Å². The summed E-state index contributed by atoms with van der Waals surface area (Å²) in [5.41, 5.74) is 2.53. The third-order valence-corrected chi connectivity index (χ3v) is 4.70. The summed E-state index contributed by atoms with van der Waals surface area (Å²) in [5.74, 6) is -0.224. The number of rotatable bonds is 7. The monoisotopic (exact) mass is 376 g/mol. The maximum absolute atomic E-state index is 12.1. The van der Waals surface area contributed by atoms with Gasteiger partial charge in [0.15, 0.2) is 0 Å². The number of thiophene rings is 1. The fourth-order valence-corrected chi connectivity index (χ4v) is 3.11. The van der Waals surface area contributed by atoms with Crippen LogP contribution in [0, 0.1) is 0 Å². The molecule has 2 amide bonds. The minimum absolute atomic E-state index is 0.0329. The maximum Gasteiger partial charge on any atom is 0.248 e. The number of benzene rings is 2. The van der Waals surface area contributed by atoms with E-state index in [4.69, 9.17) is 0 Å². The van der Waals surface area contributed by atoms with Crippen molar-refractivity contribution in [2.45, 2.75) is 12.8 Å². The first-order chi connectivity index (χ1) is 13.2. The second-order valence-electron chi connectivity index (χ2n) is 5.95. The van der Waals surface area contributed by atoms with Gasteiger partial charge in [-0.1, -0.05) is 36.4 Å². The standard InChI is InChI=1S/C22H20N2O2S/c25-21(14-8-17-5-2-1-3-6-17)23-18-9-11-19(12-10-18)24-22(26)15-13-20-7-4-16-27-20/h1-7,9-13,15-16H,8,14H2,(H,23,25)(H,24,26)/b15-13+. The topological polar surface area (TPSA) is 58.2 Å². The molecule has 5 heteroatoms. The SMILES string of the molecule is O=C(/C=C/c1cccs1)Nc1ccc(NC(=O)CCc2ccccc2)cc1. The molecule has 0 saturated carbocycles. The van der Waals surface area contributed by atoms with Gasteiger partial charge in [0.25, 0.3) is 0 Å². The third-order valence-electron chi connectivity index (χ3n) is 3.86. The first kappa shape index (κ1) is 18.6. The Balaban J connectivity index is 1.46. The average molecular weight is 376 g/mol. The van der Waals surface area contributed by atoms with Crippen molar-refractivity contribution in [1.29, 1.82) is 0 Å². The lowest BCUT2D eigenvalue weighted by atomic mass is 10.1. The van der Waals surface area contributed by atoms with Crippen molar-refractivity contribution in [2.75, 3.05) is 10.6 Å². The number of amides is 2. The first-order valence-electron chi connectivity index (χ1n) is 8.65. The molecule has 0 aliphatic heterocycles. The minimum Gasteiger partial charge on any atom is -0.326 e. The summed E-state index contributed by atoms with van der Waals surface area (Å²) in [5, 5.41) is 7.63. The van der Waals surface area contributed by atoms with Crippen LogP contribution in [0.5, 0.6) is 0 Å². The normalized spacial score (nSPS) is 10.7. The molecule has 4 nitrogen and oxygen atoms in total. The lowest BCUT2D eigenvalue weighted by Gasteiger charge is -2.07. The summed E-state index contributed by atoms with van der Waals surface area (Å²) in [6.07, 6.45) is 4.42. The van der Waals surface area contributed by atoms with E-state index in [0.717, 1.165) is 10.4 Å². The van der Waals surface area contributed by atoms with Gasteiger partial charge in [0.1, 0.15) is 0 Å². The molecule has 0 atom stereocenters. The van der Waals surface area contributed by atoms with E-state index in [1.54, 1.807) is 41.7 Å². The molecule has 3 aromatic rings. The lowest BCUT2D eigenvalue weighted by Crippen LogP contribution is -2.12. The van der Waals surface area contributed by atoms with Crippen LogP contribution in [0.4, 0.5) is 11.4 Å². The smallest absolute Gasteiger partial charge is 0.248 e. The summed E-state index contributed by atoms with van der Waals surface area (Å²) in [7, 11) is 0. The number of nitrogens with one attached hydrogen (secondary N) is 2. The molecule has 0 spiro atoms. The number of carbonyl (C=O) groups excluding carboxylic acids is 2. The molecule has 0 aliphatic carbocycles. The van der Waals surface area contributed by atoms with Crippen molar-refractivity contribution in [3.63, 3.8) is 0 Å². The van der Waals surface area contributed by atoms with Gasteiger partial charge < -0.3 is 10.6 Å². The van der Waals surface area contributed by atoms with Crippen LogP contribution in [0.15, 0.2) is 78.2 Å². The van der Waals surface area contributed by atoms with Crippen molar-refractivity contribution in [3.8, 4) is 0 Å². The average Bonchev–Trinajstić information content (AvgIpc) is 3.21. The van der Waals surface area contributed by atoms with Gasteiger partial charge in [-0.15, -0.1) is 11.3 Å². The third kappa shape index (κ3) is 6.24. The highest BCUT2D eigenvalue weighted by Gasteiger charge is 2.04. The van der Waals surface area contributed by atoms with Crippen molar-refractivity contribution in [3.05, 3.63) is 88.6 Å². The Morgan fingerprint density at radius 1 is 0.852 bits per heavy atom. The Labute approximate surface area is 162 Å². The Morgan fingerprint density at radius 2 is 1.56 bits per heavy atom. The van der Waals surface area contributed by atoms with E-state index in [1.807, 2.05) is 47.8 Å². The van der Waals surface area contributed by atoms with E-state index in [0.29, 0.717) is 24.2 Å². The molecular formula is C22H20N2O2S. The molecule has 1 aromatic heterocycles. The Hall–Kier alpha value is -3.18. The number of hydrogen-bond acceptors (Lipinski definition) is 3. The van der Waals surface area contributed by atoms with Gasteiger partial charge in [-0.2, -0.15) is 0 Å². The second kappa shape index (κ2) is 9.50. The van der Waals surface area contributed by atoms with Crippen LogP contribution in [0.25, 0.3) is 6.08 Å². The molecule has 0 unspecified atom stereocenters. The summed E-state index contributed by atoms with van der Waals surface area (Å²) in [4.78, 5) is 25.0.